The third-order valence-electron chi connectivity index (χ3n) is 2.18. The first-order valence-electron chi connectivity index (χ1n) is 4.60. The summed E-state index contributed by atoms with van der Waals surface area (Å²) in [4.78, 5) is 0. The normalized spacial score (nSPS) is 14.1. The third-order valence-corrected chi connectivity index (χ3v) is 2.18. The Kier molecular flexibility index (Phi) is 3.24. The molecule has 0 saturated heterocycles. The molecule has 0 fully saturated rings. The number of rotatable bonds is 3. The standard InChI is InChI=1S/C11H16FNO/c1-11(2,14)10(13-3)8-5-4-6-9(12)7-8/h4-7,10,13-14H,1-3H3. The molecule has 1 atom stereocenters. The average molecular weight is 197 g/mol. The Morgan fingerprint density at radius 3 is 2.50 bits per heavy atom. The molecule has 78 valence electrons. The van der Waals surface area contributed by atoms with Gasteiger partial charge in [-0.25, -0.2) is 4.39 Å². The smallest absolute Gasteiger partial charge is 0.123 e. The van der Waals surface area contributed by atoms with Crippen LogP contribution < -0.4 is 5.32 Å². The quantitative estimate of drug-likeness (QED) is 0.775. The molecule has 0 aromatic heterocycles. The predicted octanol–water partition coefficient (Wildman–Crippen LogP) is 1.86. The van der Waals surface area contributed by atoms with Crippen LogP contribution >= 0.6 is 0 Å². The number of hydrogen-bond donors (Lipinski definition) is 2. The molecule has 0 aliphatic carbocycles. The molecule has 0 aliphatic heterocycles. The molecule has 3 heteroatoms. The highest BCUT2D eigenvalue weighted by atomic mass is 19.1. The fourth-order valence-electron chi connectivity index (χ4n) is 1.61. The van der Waals surface area contributed by atoms with Crippen molar-refractivity contribution >= 4 is 0 Å². The Morgan fingerprint density at radius 2 is 2.07 bits per heavy atom. The number of nitrogens with one attached hydrogen (secondary N) is 1. The van der Waals surface area contributed by atoms with Gasteiger partial charge in [0.25, 0.3) is 0 Å². The molecular formula is C11H16FNO. The van der Waals surface area contributed by atoms with Gasteiger partial charge < -0.3 is 10.4 Å². The van der Waals surface area contributed by atoms with Crippen LogP contribution in [0.2, 0.25) is 0 Å². The molecule has 1 aromatic carbocycles. The minimum atomic E-state index is -0.914. The van der Waals surface area contributed by atoms with Crippen LogP contribution in [0.5, 0.6) is 0 Å². The van der Waals surface area contributed by atoms with Crippen molar-refractivity contribution in [2.75, 3.05) is 7.05 Å². The van der Waals surface area contributed by atoms with Gasteiger partial charge in [-0.1, -0.05) is 12.1 Å². The first-order valence-corrected chi connectivity index (χ1v) is 4.60. The van der Waals surface area contributed by atoms with Crippen LogP contribution in [-0.4, -0.2) is 17.8 Å². The van der Waals surface area contributed by atoms with Crippen molar-refractivity contribution in [1.29, 1.82) is 0 Å². The second kappa shape index (κ2) is 4.07. The molecule has 1 unspecified atom stereocenters. The Balaban J connectivity index is 3.01. The molecule has 1 rings (SSSR count). The lowest BCUT2D eigenvalue weighted by Gasteiger charge is -2.29. The number of aliphatic hydroxyl groups is 1. The van der Waals surface area contributed by atoms with E-state index in [1.54, 1.807) is 33.0 Å². The van der Waals surface area contributed by atoms with Crippen LogP contribution in [0.3, 0.4) is 0 Å². The van der Waals surface area contributed by atoms with Crippen molar-refractivity contribution in [3.05, 3.63) is 35.6 Å². The van der Waals surface area contributed by atoms with Crippen molar-refractivity contribution in [3.63, 3.8) is 0 Å². The van der Waals surface area contributed by atoms with Crippen LogP contribution in [0.1, 0.15) is 25.5 Å². The molecule has 2 N–H and O–H groups in total. The van der Waals surface area contributed by atoms with Crippen LogP contribution in [0, 0.1) is 5.82 Å². The lowest BCUT2D eigenvalue weighted by molar-refractivity contribution is 0.0399. The number of likely N-dealkylation sites (N-methyl/N-ethyl adjacent to an activating group) is 1. The van der Waals surface area contributed by atoms with Crippen LogP contribution in [0.25, 0.3) is 0 Å². The van der Waals surface area contributed by atoms with Crippen molar-refractivity contribution < 1.29 is 9.50 Å². The van der Waals surface area contributed by atoms with Crippen LogP contribution in [0.4, 0.5) is 4.39 Å². The molecule has 0 spiro atoms. The van der Waals surface area contributed by atoms with E-state index < -0.39 is 5.60 Å². The summed E-state index contributed by atoms with van der Waals surface area (Å²) in [6.45, 7) is 3.39. The molecule has 0 radical (unpaired) electrons. The van der Waals surface area contributed by atoms with Crippen LogP contribution in [-0.2, 0) is 0 Å². The summed E-state index contributed by atoms with van der Waals surface area (Å²) in [7, 11) is 1.74. The Hall–Kier alpha value is -0.930. The highest BCUT2D eigenvalue weighted by molar-refractivity contribution is 5.22. The summed E-state index contributed by atoms with van der Waals surface area (Å²) >= 11 is 0. The first-order chi connectivity index (χ1) is 6.45. The number of benzene rings is 1. The van der Waals surface area contributed by atoms with E-state index in [1.165, 1.54) is 12.1 Å². The zero-order valence-corrected chi connectivity index (χ0v) is 8.71. The van der Waals surface area contributed by atoms with E-state index in [2.05, 4.69) is 5.32 Å². The van der Waals surface area contributed by atoms with Gasteiger partial charge in [-0.15, -0.1) is 0 Å². The SMILES string of the molecule is CNC(c1cccc(F)c1)C(C)(C)O. The van der Waals surface area contributed by atoms with Gasteiger partial charge >= 0.3 is 0 Å². The van der Waals surface area contributed by atoms with Gasteiger partial charge in [-0.3, -0.25) is 0 Å². The molecule has 0 bridgehead atoms. The fraction of sp³-hybridized carbons (Fsp3) is 0.455. The van der Waals surface area contributed by atoms with E-state index in [4.69, 9.17) is 0 Å². The molecule has 2 nitrogen and oxygen atoms in total. The monoisotopic (exact) mass is 197 g/mol. The zero-order chi connectivity index (χ0) is 10.8. The fourth-order valence-corrected chi connectivity index (χ4v) is 1.61. The molecular weight excluding hydrogens is 181 g/mol. The van der Waals surface area contributed by atoms with Gasteiger partial charge in [0.05, 0.1) is 11.6 Å². The lowest BCUT2D eigenvalue weighted by Crippen LogP contribution is -2.37. The van der Waals surface area contributed by atoms with Crippen LogP contribution in [0.15, 0.2) is 24.3 Å². The summed E-state index contributed by atoms with van der Waals surface area (Å²) in [6, 6.07) is 5.99. The van der Waals surface area contributed by atoms with Gasteiger partial charge in [0.2, 0.25) is 0 Å². The average Bonchev–Trinajstić information content (AvgIpc) is 2.02. The van der Waals surface area contributed by atoms with E-state index in [0.717, 1.165) is 5.56 Å². The van der Waals surface area contributed by atoms with Gasteiger partial charge in [0.1, 0.15) is 5.82 Å². The Labute approximate surface area is 83.8 Å². The van der Waals surface area contributed by atoms with E-state index >= 15 is 0 Å². The highest BCUT2D eigenvalue weighted by Gasteiger charge is 2.26. The molecule has 0 amide bonds. The maximum atomic E-state index is 12.9. The minimum Gasteiger partial charge on any atom is -0.388 e. The van der Waals surface area contributed by atoms with Crippen molar-refractivity contribution in [3.8, 4) is 0 Å². The van der Waals surface area contributed by atoms with Gasteiger partial charge in [0.15, 0.2) is 0 Å². The maximum absolute atomic E-state index is 12.9. The predicted molar refractivity (Wildman–Crippen MR) is 54.5 cm³/mol. The Bertz CT molecular complexity index is 306. The first kappa shape index (κ1) is 11.1. The number of halogens is 1. The van der Waals surface area contributed by atoms with Gasteiger partial charge in [-0.05, 0) is 38.6 Å². The second-order valence-corrected chi connectivity index (χ2v) is 3.93. The van der Waals surface area contributed by atoms with Gasteiger partial charge in [0, 0.05) is 0 Å². The second-order valence-electron chi connectivity index (χ2n) is 3.93. The van der Waals surface area contributed by atoms with E-state index in [-0.39, 0.29) is 11.9 Å². The summed E-state index contributed by atoms with van der Waals surface area (Å²) in [5.41, 5.74) is -0.164. The van der Waals surface area contributed by atoms with Crippen molar-refractivity contribution in [1.82, 2.24) is 5.32 Å². The summed E-state index contributed by atoms with van der Waals surface area (Å²) < 4.78 is 12.9. The lowest BCUT2D eigenvalue weighted by atomic mass is 9.92. The third kappa shape index (κ3) is 2.53. The zero-order valence-electron chi connectivity index (χ0n) is 8.71. The molecule has 0 saturated carbocycles. The van der Waals surface area contributed by atoms with Crippen molar-refractivity contribution in [2.24, 2.45) is 0 Å². The highest BCUT2D eigenvalue weighted by Crippen LogP contribution is 2.25. The molecule has 0 aliphatic rings. The largest absolute Gasteiger partial charge is 0.388 e. The van der Waals surface area contributed by atoms with E-state index in [1.807, 2.05) is 0 Å². The Morgan fingerprint density at radius 1 is 1.43 bits per heavy atom. The van der Waals surface area contributed by atoms with E-state index in [9.17, 15) is 9.50 Å². The minimum absolute atomic E-state index is 0.266. The molecule has 1 aromatic rings. The maximum Gasteiger partial charge on any atom is 0.123 e. The molecule has 14 heavy (non-hydrogen) atoms. The summed E-state index contributed by atoms with van der Waals surface area (Å²) in [5.74, 6) is -0.285. The molecule has 0 heterocycles. The van der Waals surface area contributed by atoms with Gasteiger partial charge in [-0.2, -0.15) is 0 Å². The topological polar surface area (TPSA) is 32.3 Å². The summed E-state index contributed by atoms with van der Waals surface area (Å²) in [5, 5.41) is 12.8. The van der Waals surface area contributed by atoms with Crippen molar-refractivity contribution in [2.45, 2.75) is 25.5 Å². The number of hydrogen-bond acceptors (Lipinski definition) is 2. The van der Waals surface area contributed by atoms with E-state index in [0.29, 0.717) is 0 Å². The summed E-state index contributed by atoms with van der Waals surface area (Å²) in [6.07, 6.45) is 0.